The predicted molar refractivity (Wildman–Crippen MR) is 72.5 cm³/mol. The van der Waals surface area contributed by atoms with E-state index in [9.17, 15) is 23.8 Å². The van der Waals surface area contributed by atoms with Crippen molar-refractivity contribution < 1.29 is 23.8 Å². The van der Waals surface area contributed by atoms with E-state index in [4.69, 9.17) is 0 Å². The Hall–Kier alpha value is -1.69. The molecule has 116 valence electrons. The lowest BCUT2D eigenvalue weighted by atomic mass is 9.72. The van der Waals surface area contributed by atoms with Crippen molar-refractivity contribution >= 4 is 6.09 Å². The molecule has 1 aliphatic rings. The van der Waals surface area contributed by atoms with Gasteiger partial charge in [-0.25, -0.2) is 13.6 Å². The zero-order valence-corrected chi connectivity index (χ0v) is 12.2. The molecule has 0 aliphatic carbocycles. The molecular weight excluding hydrogens is 280 g/mol. The summed E-state index contributed by atoms with van der Waals surface area (Å²) in [7, 11) is 0. The van der Waals surface area contributed by atoms with Crippen LogP contribution in [0.1, 0.15) is 32.8 Å². The lowest BCUT2D eigenvalue weighted by molar-refractivity contribution is -0.131. The van der Waals surface area contributed by atoms with Crippen molar-refractivity contribution in [3.8, 4) is 0 Å². The molecule has 4 nitrogen and oxygen atoms in total. The minimum Gasteiger partial charge on any atom is -0.465 e. The Morgan fingerprint density at radius 1 is 1.38 bits per heavy atom. The van der Waals surface area contributed by atoms with Gasteiger partial charge in [0.05, 0.1) is 0 Å². The van der Waals surface area contributed by atoms with Crippen LogP contribution in [0.5, 0.6) is 0 Å². The standard InChI is InChI=1S/C15H19F2NO3/c1-14(2,3)11-7-8-18(13(19)20)15(11,21)9-5-4-6-10(16)12(9)17/h4-6,11,21H,7-8H2,1-3H3,(H,19,20)/t11-,15+/m0/s1. The first-order valence-electron chi connectivity index (χ1n) is 6.77. The SMILES string of the molecule is CC(C)(C)[C@@H]1CCN(C(=O)O)[C@@]1(O)c1cccc(F)c1F. The quantitative estimate of drug-likeness (QED) is 0.837. The van der Waals surface area contributed by atoms with E-state index in [0.29, 0.717) is 6.42 Å². The van der Waals surface area contributed by atoms with Crippen LogP contribution in [0.25, 0.3) is 0 Å². The Bertz CT molecular complexity index is 571. The largest absolute Gasteiger partial charge is 0.465 e. The van der Waals surface area contributed by atoms with E-state index in [1.165, 1.54) is 12.1 Å². The van der Waals surface area contributed by atoms with Crippen LogP contribution in [-0.4, -0.2) is 27.8 Å². The van der Waals surface area contributed by atoms with Crippen LogP contribution in [0.3, 0.4) is 0 Å². The van der Waals surface area contributed by atoms with Gasteiger partial charge in [-0.15, -0.1) is 0 Å². The highest BCUT2D eigenvalue weighted by molar-refractivity contribution is 5.67. The van der Waals surface area contributed by atoms with E-state index in [1.54, 1.807) is 0 Å². The zero-order valence-electron chi connectivity index (χ0n) is 12.2. The number of nitrogens with zero attached hydrogens (tertiary/aromatic N) is 1. The summed E-state index contributed by atoms with van der Waals surface area (Å²) in [6.07, 6.45) is -0.977. The van der Waals surface area contributed by atoms with E-state index in [1.807, 2.05) is 20.8 Å². The molecule has 21 heavy (non-hydrogen) atoms. The Morgan fingerprint density at radius 2 is 2.00 bits per heavy atom. The molecule has 1 aromatic carbocycles. The van der Waals surface area contributed by atoms with Crippen molar-refractivity contribution in [2.75, 3.05) is 6.54 Å². The van der Waals surface area contributed by atoms with Crippen LogP contribution in [0.2, 0.25) is 0 Å². The highest BCUT2D eigenvalue weighted by Gasteiger charge is 2.56. The lowest BCUT2D eigenvalue weighted by Gasteiger charge is -2.42. The molecule has 1 amide bonds. The fourth-order valence-corrected chi connectivity index (χ4v) is 3.22. The van der Waals surface area contributed by atoms with Crippen molar-refractivity contribution in [2.24, 2.45) is 11.3 Å². The topological polar surface area (TPSA) is 60.8 Å². The Labute approximate surface area is 122 Å². The molecule has 2 N–H and O–H groups in total. The number of halogens is 2. The van der Waals surface area contributed by atoms with Crippen LogP contribution in [0.4, 0.5) is 13.6 Å². The molecule has 0 spiro atoms. The van der Waals surface area contributed by atoms with Gasteiger partial charge in [-0.2, -0.15) is 0 Å². The van der Waals surface area contributed by atoms with Crippen LogP contribution >= 0.6 is 0 Å². The number of benzene rings is 1. The second-order valence-electron chi connectivity index (χ2n) is 6.47. The molecule has 0 radical (unpaired) electrons. The van der Waals surface area contributed by atoms with E-state index >= 15 is 0 Å². The predicted octanol–water partition coefficient (Wildman–Crippen LogP) is 3.16. The smallest absolute Gasteiger partial charge is 0.409 e. The maximum absolute atomic E-state index is 14.1. The summed E-state index contributed by atoms with van der Waals surface area (Å²) in [4.78, 5) is 12.2. The van der Waals surface area contributed by atoms with E-state index in [-0.39, 0.29) is 12.1 Å². The Balaban J connectivity index is 2.66. The second-order valence-corrected chi connectivity index (χ2v) is 6.47. The fourth-order valence-electron chi connectivity index (χ4n) is 3.22. The number of rotatable bonds is 1. The van der Waals surface area contributed by atoms with Crippen LogP contribution in [0.15, 0.2) is 18.2 Å². The summed E-state index contributed by atoms with van der Waals surface area (Å²) < 4.78 is 27.6. The van der Waals surface area contributed by atoms with Crippen LogP contribution in [-0.2, 0) is 5.72 Å². The van der Waals surface area contributed by atoms with Gasteiger partial charge in [0.25, 0.3) is 0 Å². The van der Waals surface area contributed by atoms with Gasteiger partial charge in [0.15, 0.2) is 17.4 Å². The highest BCUT2D eigenvalue weighted by Crippen LogP contribution is 2.50. The van der Waals surface area contributed by atoms with Gasteiger partial charge < -0.3 is 10.2 Å². The maximum Gasteiger partial charge on any atom is 0.409 e. The average Bonchev–Trinajstić information content (AvgIpc) is 2.71. The monoisotopic (exact) mass is 299 g/mol. The minimum absolute atomic E-state index is 0.0731. The van der Waals surface area contributed by atoms with Gasteiger partial charge in [-0.05, 0) is 17.9 Å². The average molecular weight is 299 g/mol. The van der Waals surface area contributed by atoms with Gasteiger partial charge in [0.1, 0.15) is 0 Å². The van der Waals surface area contributed by atoms with E-state index in [0.717, 1.165) is 11.0 Å². The fraction of sp³-hybridized carbons (Fsp3) is 0.533. The number of carboxylic acid groups (broad SMARTS) is 1. The van der Waals surface area contributed by atoms with Crippen molar-refractivity contribution in [2.45, 2.75) is 32.9 Å². The maximum atomic E-state index is 14.1. The van der Waals surface area contributed by atoms with Crippen molar-refractivity contribution in [3.63, 3.8) is 0 Å². The molecule has 0 saturated carbocycles. The van der Waals surface area contributed by atoms with Gasteiger partial charge >= 0.3 is 6.09 Å². The molecule has 0 aromatic heterocycles. The number of aliphatic hydroxyl groups is 1. The summed E-state index contributed by atoms with van der Waals surface area (Å²) in [6.45, 7) is 5.59. The van der Waals surface area contributed by atoms with Gasteiger partial charge in [0.2, 0.25) is 0 Å². The number of carbonyl (C=O) groups is 1. The first-order valence-corrected chi connectivity index (χ1v) is 6.77. The second kappa shape index (κ2) is 4.94. The Morgan fingerprint density at radius 3 is 2.52 bits per heavy atom. The molecule has 1 fully saturated rings. The molecule has 6 heteroatoms. The van der Waals surface area contributed by atoms with Crippen LogP contribution < -0.4 is 0 Å². The molecule has 1 aromatic rings. The number of amides is 1. The molecule has 1 saturated heterocycles. The molecule has 0 unspecified atom stereocenters. The molecule has 1 heterocycles. The molecular formula is C15H19F2NO3. The lowest BCUT2D eigenvalue weighted by Crippen LogP contribution is -2.51. The minimum atomic E-state index is -2.07. The molecule has 1 aliphatic heterocycles. The third kappa shape index (κ3) is 2.37. The van der Waals surface area contributed by atoms with Crippen molar-refractivity contribution in [3.05, 3.63) is 35.4 Å². The summed E-state index contributed by atoms with van der Waals surface area (Å²) in [5.41, 5.74) is -2.88. The number of hydrogen-bond acceptors (Lipinski definition) is 2. The molecule has 2 rings (SSSR count). The third-order valence-corrected chi connectivity index (χ3v) is 4.16. The molecule has 0 bridgehead atoms. The van der Waals surface area contributed by atoms with Gasteiger partial charge in [-0.1, -0.05) is 32.9 Å². The number of likely N-dealkylation sites (tertiary alicyclic amines) is 1. The van der Waals surface area contributed by atoms with Gasteiger partial charge in [-0.3, -0.25) is 4.90 Å². The highest BCUT2D eigenvalue weighted by atomic mass is 19.2. The van der Waals surface area contributed by atoms with E-state index in [2.05, 4.69) is 0 Å². The van der Waals surface area contributed by atoms with E-state index < -0.39 is 34.8 Å². The van der Waals surface area contributed by atoms with Gasteiger partial charge in [0, 0.05) is 18.0 Å². The Kier molecular flexibility index (Phi) is 3.70. The summed E-state index contributed by atoms with van der Waals surface area (Å²) >= 11 is 0. The zero-order chi connectivity index (χ0) is 16.0. The summed E-state index contributed by atoms with van der Waals surface area (Å²) in [5, 5.41) is 20.3. The van der Waals surface area contributed by atoms with Crippen LogP contribution in [0, 0.1) is 23.0 Å². The first kappa shape index (κ1) is 15.7. The normalized spacial score (nSPS) is 26.2. The summed E-state index contributed by atoms with van der Waals surface area (Å²) in [6, 6.07) is 3.44. The molecule has 2 atom stereocenters. The first-order chi connectivity index (χ1) is 9.60. The number of hydrogen-bond donors (Lipinski definition) is 2. The van der Waals surface area contributed by atoms with Crippen molar-refractivity contribution in [1.29, 1.82) is 0 Å². The van der Waals surface area contributed by atoms with Crippen molar-refractivity contribution in [1.82, 2.24) is 4.90 Å². The summed E-state index contributed by atoms with van der Waals surface area (Å²) in [5.74, 6) is -2.86. The third-order valence-electron chi connectivity index (χ3n) is 4.16.